The van der Waals surface area contributed by atoms with E-state index in [1.807, 2.05) is 37.3 Å². The highest BCUT2D eigenvalue weighted by atomic mass is 16.5. The molecule has 1 aromatic rings. The molecule has 28 heavy (non-hydrogen) atoms. The van der Waals surface area contributed by atoms with Crippen molar-refractivity contribution >= 4 is 17.9 Å². The number of nitrogens with one attached hydrogen (secondary N) is 2. The van der Waals surface area contributed by atoms with Gasteiger partial charge in [0.2, 0.25) is 5.91 Å². The van der Waals surface area contributed by atoms with Gasteiger partial charge in [-0.25, -0.2) is 4.79 Å². The van der Waals surface area contributed by atoms with E-state index < -0.39 is 18.0 Å². The SMILES string of the molecule is CCC(NC(=O)NC(CCC(=O)O)Cc1ccccc1)C(=O)N1CCOCC1. The van der Waals surface area contributed by atoms with E-state index in [1.165, 1.54) is 0 Å². The van der Waals surface area contributed by atoms with Gasteiger partial charge in [0.15, 0.2) is 0 Å². The number of ether oxygens (including phenoxy) is 1. The van der Waals surface area contributed by atoms with Gasteiger partial charge in [-0.1, -0.05) is 37.3 Å². The summed E-state index contributed by atoms with van der Waals surface area (Å²) in [5.74, 6) is -1.03. The highest BCUT2D eigenvalue weighted by Gasteiger charge is 2.26. The molecule has 154 valence electrons. The Morgan fingerprint density at radius 3 is 2.43 bits per heavy atom. The lowest BCUT2D eigenvalue weighted by Crippen LogP contribution is -2.54. The Kier molecular flexibility index (Phi) is 8.74. The Morgan fingerprint density at radius 2 is 1.82 bits per heavy atom. The van der Waals surface area contributed by atoms with Crippen LogP contribution < -0.4 is 10.6 Å². The third kappa shape index (κ3) is 7.19. The van der Waals surface area contributed by atoms with Crippen LogP contribution in [0.25, 0.3) is 0 Å². The Hall–Kier alpha value is -2.61. The zero-order chi connectivity index (χ0) is 20.4. The maximum absolute atomic E-state index is 12.6. The van der Waals surface area contributed by atoms with Gasteiger partial charge < -0.3 is 25.4 Å². The molecule has 0 aliphatic carbocycles. The summed E-state index contributed by atoms with van der Waals surface area (Å²) in [6.45, 7) is 3.89. The van der Waals surface area contributed by atoms with Crippen molar-refractivity contribution in [1.82, 2.24) is 15.5 Å². The van der Waals surface area contributed by atoms with Crippen molar-refractivity contribution in [2.24, 2.45) is 0 Å². The van der Waals surface area contributed by atoms with Gasteiger partial charge in [0, 0.05) is 25.6 Å². The molecular formula is C20H29N3O5. The van der Waals surface area contributed by atoms with E-state index in [2.05, 4.69) is 10.6 Å². The first-order valence-electron chi connectivity index (χ1n) is 9.69. The number of morpholine rings is 1. The van der Waals surface area contributed by atoms with Crippen molar-refractivity contribution in [3.8, 4) is 0 Å². The molecule has 2 rings (SSSR count). The first kappa shape index (κ1) is 21.7. The van der Waals surface area contributed by atoms with Crippen molar-refractivity contribution in [1.29, 1.82) is 0 Å². The van der Waals surface area contributed by atoms with E-state index in [0.717, 1.165) is 5.56 Å². The van der Waals surface area contributed by atoms with Crippen molar-refractivity contribution < 1.29 is 24.2 Å². The molecule has 8 heteroatoms. The highest BCUT2D eigenvalue weighted by Crippen LogP contribution is 2.09. The fourth-order valence-electron chi connectivity index (χ4n) is 3.15. The number of hydrogen-bond donors (Lipinski definition) is 3. The van der Waals surface area contributed by atoms with Crippen molar-refractivity contribution in [3.05, 3.63) is 35.9 Å². The van der Waals surface area contributed by atoms with E-state index in [9.17, 15) is 14.4 Å². The fraction of sp³-hybridized carbons (Fsp3) is 0.550. The maximum atomic E-state index is 12.6. The van der Waals surface area contributed by atoms with Crippen molar-refractivity contribution in [2.45, 2.75) is 44.7 Å². The molecule has 3 N–H and O–H groups in total. The molecule has 0 spiro atoms. The molecule has 2 unspecified atom stereocenters. The monoisotopic (exact) mass is 391 g/mol. The minimum atomic E-state index is -0.908. The summed E-state index contributed by atoms with van der Waals surface area (Å²) >= 11 is 0. The Balaban J connectivity index is 1.94. The van der Waals surface area contributed by atoms with Gasteiger partial charge in [-0.05, 0) is 24.8 Å². The number of urea groups is 1. The van der Waals surface area contributed by atoms with Gasteiger partial charge in [0.1, 0.15) is 6.04 Å². The number of carbonyl (C=O) groups is 3. The molecule has 1 aliphatic rings. The van der Waals surface area contributed by atoms with Crippen LogP contribution in [0.5, 0.6) is 0 Å². The van der Waals surface area contributed by atoms with Crippen LogP contribution in [0.4, 0.5) is 4.79 Å². The van der Waals surface area contributed by atoms with Crippen LogP contribution in [0.15, 0.2) is 30.3 Å². The average Bonchev–Trinajstić information content (AvgIpc) is 2.71. The molecule has 1 fully saturated rings. The Labute approximate surface area is 165 Å². The number of hydrogen-bond acceptors (Lipinski definition) is 4. The van der Waals surface area contributed by atoms with Crippen LogP contribution in [0.1, 0.15) is 31.7 Å². The predicted octanol–water partition coefficient (Wildman–Crippen LogP) is 1.40. The van der Waals surface area contributed by atoms with Crippen LogP contribution in [0.2, 0.25) is 0 Å². The van der Waals surface area contributed by atoms with Crippen LogP contribution in [-0.2, 0) is 20.7 Å². The number of carboxylic acid groups (broad SMARTS) is 1. The van der Waals surface area contributed by atoms with Crippen LogP contribution in [0, 0.1) is 0 Å². The van der Waals surface area contributed by atoms with Gasteiger partial charge in [-0.2, -0.15) is 0 Å². The summed E-state index contributed by atoms with van der Waals surface area (Å²) in [6, 6.07) is 8.16. The molecule has 8 nitrogen and oxygen atoms in total. The molecule has 0 radical (unpaired) electrons. The number of carbonyl (C=O) groups excluding carboxylic acids is 2. The van der Waals surface area contributed by atoms with E-state index >= 15 is 0 Å². The lowest BCUT2D eigenvalue weighted by Gasteiger charge is -2.30. The Bertz CT molecular complexity index is 647. The van der Waals surface area contributed by atoms with E-state index in [0.29, 0.717) is 45.6 Å². The molecule has 0 aromatic heterocycles. The smallest absolute Gasteiger partial charge is 0.315 e. The number of aliphatic carboxylic acids is 1. The van der Waals surface area contributed by atoms with Gasteiger partial charge in [0.25, 0.3) is 0 Å². The first-order chi connectivity index (χ1) is 13.5. The van der Waals surface area contributed by atoms with E-state index in [1.54, 1.807) is 4.90 Å². The molecule has 1 saturated heterocycles. The molecule has 1 aromatic carbocycles. The highest BCUT2D eigenvalue weighted by molar-refractivity contribution is 5.87. The summed E-state index contributed by atoms with van der Waals surface area (Å²) in [6.07, 6.45) is 1.27. The van der Waals surface area contributed by atoms with Gasteiger partial charge >= 0.3 is 12.0 Å². The lowest BCUT2D eigenvalue weighted by molar-refractivity contribution is -0.138. The van der Waals surface area contributed by atoms with E-state index in [-0.39, 0.29) is 18.4 Å². The first-order valence-corrected chi connectivity index (χ1v) is 9.69. The normalized spacial score (nSPS) is 16.1. The lowest BCUT2D eigenvalue weighted by atomic mass is 10.0. The molecule has 0 saturated carbocycles. The average molecular weight is 391 g/mol. The third-order valence-electron chi connectivity index (χ3n) is 4.70. The Morgan fingerprint density at radius 1 is 1.14 bits per heavy atom. The second-order valence-electron chi connectivity index (χ2n) is 6.84. The van der Waals surface area contributed by atoms with Crippen LogP contribution in [-0.4, -0.2) is 66.3 Å². The largest absolute Gasteiger partial charge is 0.481 e. The van der Waals surface area contributed by atoms with Gasteiger partial charge in [-0.3, -0.25) is 9.59 Å². The number of amides is 3. The summed E-state index contributed by atoms with van der Waals surface area (Å²) < 4.78 is 5.26. The predicted molar refractivity (Wildman–Crippen MR) is 104 cm³/mol. The number of carboxylic acids is 1. The molecular weight excluding hydrogens is 362 g/mol. The molecule has 1 aliphatic heterocycles. The minimum absolute atomic E-state index is 0.0400. The zero-order valence-corrected chi connectivity index (χ0v) is 16.2. The molecule has 2 atom stereocenters. The molecule has 3 amide bonds. The standard InChI is InChI=1S/C20H29N3O5/c1-2-17(19(26)23-10-12-28-13-11-23)22-20(27)21-16(8-9-18(24)25)14-15-6-4-3-5-7-15/h3-7,16-17H,2,8-14H2,1H3,(H,24,25)(H2,21,22,27). The molecule has 1 heterocycles. The van der Waals surface area contributed by atoms with Gasteiger partial charge in [0.05, 0.1) is 13.2 Å². The number of rotatable bonds is 9. The van der Waals surface area contributed by atoms with Crippen molar-refractivity contribution in [3.63, 3.8) is 0 Å². The zero-order valence-electron chi connectivity index (χ0n) is 16.2. The summed E-state index contributed by atoms with van der Waals surface area (Å²) in [5.41, 5.74) is 1.01. The summed E-state index contributed by atoms with van der Waals surface area (Å²) in [5, 5.41) is 14.5. The second kappa shape index (κ2) is 11.3. The third-order valence-corrected chi connectivity index (χ3v) is 4.70. The van der Waals surface area contributed by atoms with Crippen LogP contribution in [0.3, 0.4) is 0 Å². The molecule has 0 bridgehead atoms. The number of benzene rings is 1. The topological polar surface area (TPSA) is 108 Å². The maximum Gasteiger partial charge on any atom is 0.315 e. The quantitative estimate of drug-likeness (QED) is 0.590. The summed E-state index contributed by atoms with van der Waals surface area (Å²) in [4.78, 5) is 37.7. The fourth-order valence-corrected chi connectivity index (χ4v) is 3.15. The van der Waals surface area contributed by atoms with E-state index in [4.69, 9.17) is 9.84 Å². The van der Waals surface area contributed by atoms with Crippen molar-refractivity contribution in [2.75, 3.05) is 26.3 Å². The minimum Gasteiger partial charge on any atom is -0.481 e. The van der Waals surface area contributed by atoms with Gasteiger partial charge in [-0.15, -0.1) is 0 Å². The van der Waals surface area contributed by atoms with Crippen LogP contribution >= 0.6 is 0 Å². The second-order valence-corrected chi connectivity index (χ2v) is 6.84. The summed E-state index contributed by atoms with van der Waals surface area (Å²) in [7, 11) is 0. The number of nitrogens with zero attached hydrogens (tertiary/aromatic N) is 1.